The Kier molecular flexibility index (Phi) is 5.48. The largest absolute Gasteiger partial charge is 0.481 e. The Morgan fingerprint density at radius 3 is 2.43 bits per heavy atom. The second kappa shape index (κ2) is 7.14. The molecule has 120 valence electrons. The smallest absolute Gasteiger partial charge is 0.315 e. The van der Waals surface area contributed by atoms with Crippen molar-refractivity contribution in [3.05, 3.63) is 0 Å². The van der Waals surface area contributed by atoms with Gasteiger partial charge in [-0.25, -0.2) is 4.79 Å². The van der Waals surface area contributed by atoms with Crippen LogP contribution in [0.25, 0.3) is 0 Å². The molecule has 0 heterocycles. The first kappa shape index (κ1) is 16.1. The van der Waals surface area contributed by atoms with E-state index in [9.17, 15) is 9.59 Å². The zero-order valence-corrected chi connectivity index (χ0v) is 13.0. The van der Waals surface area contributed by atoms with Crippen molar-refractivity contribution >= 4 is 12.0 Å². The molecule has 21 heavy (non-hydrogen) atoms. The summed E-state index contributed by atoms with van der Waals surface area (Å²) in [4.78, 5) is 23.1. The minimum atomic E-state index is -0.835. The second-order valence-corrected chi connectivity index (χ2v) is 6.91. The van der Waals surface area contributed by atoms with Gasteiger partial charge in [0.25, 0.3) is 0 Å². The lowest BCUT2D eigenvalue weighted by atomic mass is 9.80. The van der Waals surface area contributed by atoms with E-state index in [0.717, 1.165) is 25.7 Å². The molecule has 2 amide bonds. The Balaban J connectivity index is 1.80. The topological polar surface area (TPSA) is 78.4 Å². The lowest BCUT2D eigenvalue weighted by Gasteiger charge is -2.31. The molecule has 0 radical (unpaired) electrons. The molecule has 0 spiro atoms. The number of urea groups is 1. The Hall–Kier alpha value is -1.26. The number of amides is 2. The molecule has 3 N–H and O–H groups in total. The van der Waals surface area contributed by atoms with Crippen molar-refractivity contribution in [3.63, 3.8) is 0 Å². The number of carbonyl (C=O) groups excluding carboxylic acids is 1. The molecule has 2 saturated carbocycles. The van der Waals surface area contributed by atoms with Gasteiger partial charge in [0.05, 0.1) is 12.0 Å². The summed E-state index contributed by atoms with van der Waals surface area (Å²) < 4.78 is 0. The minimum absolute atomic E-state index is 0.0280. The maximum atomic E-state index is 12.1. The number of hydrogen-bond acceptors (Lipinski definition) is 2. The summed E-state index contributed by atoms with van der Waals surface area (Å²) in [5, 5.41) is 15.0. The van der Waals surface area contributed by atoms with Gasteiger partial charge in [-0.2, -0.15) is 0 Å². The van der Waals surface area contributed by atoms with Crippen molar-refractivity contribution in [2.75, 3.05) is 6.54 Å². The number of carboxylic acid groups (broad SMARTS) is 1. The van der Waals surface area contributed by atoms with Crippen LogP contribution in [0.4, 0.5) is 4.79 Å². The average molecular weight is 296 g/mol. The molecular formula is C16H28N2O3. The standard InChI is InChI=1S/C16H28N2O3/c1-12-6-2-3-7-13(12)11-17-15(21)18-16(10-14(19)20)8-4-5-9-16/h12-13H,2-11H2,1H3,(H,19,20)(H2,17,18,21). The molecule has 5 nitrogen and oxygen atoms in total. The Morgan fingerprint density at radius 1 is 1.14 bits per heavy atom. The van der Waals surface area contributed by atoms with Crippen LogP contribution in [0, 0.1) is 11.8 Å². The summed E-state index contributed by atoms with van der Waals surface area (Å²) in [5.41, 5.74) is -0.534. The van der Waals surface area contributed by atoms with Crippen LogP contribution in [0.2, 0.25) is 0 Å². The van der Waals surface area contributed by atoms with Crippen LogP contribution in [-0.2, 0) is 4.79 Å². The van der Waals surface area contributed by atoms with Crippen molar-refractivity contribution in [3.8, 4) is 0 Å². The molecule has 2 rings (SSSR count). The summed E-state index contributed by atoms with van der Waals surface area (Å²) in [7, 11) is 0. The quantitative estimate of drug-likeness (QED) is 0.730. The van der Waals surface area contributed by atoms with Crippen molar-refractivity contribution in [1.29, 1.82) is 0 Å². The molecule has 5 heteroatoms. The SMILES string of the molecule is CC1CCCCC1CNC(=O)NC1(CC(=O)O)CCCC1. The molecule has 2 aliphatic rings. The van der Waals surface area contributed by atoms with Gasteiger partial charge in [0.1, 0.15) is 0 Å². The van der Waals surface area contributed by atoms with Gasteiger partial charge in [-0.1, -0.05) is 39.0 Å². The zero-order valence-electron chi connectivity index (χ0n) is 13.0. The fraction of sp³-hybridized carbons (Fsp3) is 0.875. The van der Waals surface area contributed by atoms with E-state index in [1.54, 1.807) is 0 Å². The van der Waals surface area contributed by atoms with Crippen LogP contribution in [0.15, 0.2) is 0 Å². The molecule has 2 aliphatic carbocycles. The number of nitrogens with one attached hydrogen (secondary N) is 2. The highest BCUT2D eigenvalue weighted by atomic mass is 16.4. The summed E-state index contributed by atoms with van der Waals surface area (Å²) in [6.07, 6.45) is 8.53. The number of carbonyl (C=O) groups is 2. The predicted octanol–water partition coefficient (Wildman–Crippen LogP) is 2.90. The third-order valence-corrected chi connectivity index (χ3v) is 5.24. The third kappa shape index (κ3) is 4.61. The van der Waals surface area contributed by atoms with Crippen LogP contribution in [0.5, 0.6) is 0 Å². The molecule has 0 aromatic carbocycles. The molecule has 0 bridgehead atoms. The van der Waals surface area contributed by atoms with Gasteiger partial charge in [-0.05, 0) is 31.1 Å². The van der Waals surface area contributed by atoms with Crippen molar-refractivity contribution < 1.29 is 14.7 Å². The monoisotopic (exact) mass is 296 g/mol. The van der Waals surface area contributed by atoms with E-state index in [4.69, 9.17) is 5.11 Å². The first-order valence-corrected chi connectivity index (χ1v) is 8.29. The lowest BCUT2D eigenvalue weighted by Crippen LogP contribution is -2.52. The van der Waals surface area contributed by atoms with Gasteiger partial charge in [-0.15, -0.1) is 0 Å². The van der Waals surface area contributed by atoms with Gasteiger partial charge < -0.3 is 15.7 Å². The van der Waals surface area contributed by atoms with Gasteiger partial charge in [0.15, 0.2) is 0 Å². The molecule has 0 aromatic rings. The summed E-state index contributed by atoms with van der Waals surface area (Å²) in [5.74, 6) is 0.389. The predicted molar refractivity (Wildman–Crippen MR) is 81.1 cm³/mol. The highest BCUT2D eigenvalue weighted by Crippen LogP contribution is 2.33. The van der Waals surface area contributed by atoms with Gasteiger partial charge in [0, 0.05) is 6.54 Å². The Bertz CT molecular complexity index is 378. The number of carboxylic acids is 1. The second-order valence-electron chi connectivity index (χ2n) is 6.91. The maximum Gasteiger partial charge on any atom is 0.315 e. The molecule has 2 unspecified atom stereocenters. The number of rotatable bonds is 5. The third-order valence-electron chi connectivity index (χ3n) is 5.24. The first-order valence-electron chi connectivity index (χ1n) is 8.29. The van der Waals surface area contributed by atoms with Crippen molar-refractivity contribution in [2.45, 2.75) is 70.3 Å². The fourth-order valence-electron chi connectivity index (χ4n) is 3.89. The average Bonchev–Trinajstić information content (AvgIpc) is 2.85. The fourth-order valence-corrected chi connectivity index (χ4v) is 3.89. The molecule has 2 fully saturated rings. The van der Waals surface area contributed by atoms with Gasteiger partial charge in [-0.3, -0.25) is 4.79 Å². The van der Waals surface area contributed by atoms with Crippen LogP contribution in [0.1, 0.15) is 64.7 Å². The molecule has 2 atom stereocenters. The van der Waals surface area contributed by atoms with Crippen LogP contribution >= 0.6 is 0 Å². The van der Waals surface area contributed by atoms with E-state index in [-0.39, 0.29) is 12.5 Å². The van der Waals surface area contributed by atoms with E-state index in [2.05, 4.69) is 17.6 Å². The normalized spacial score (nSPS) is 28.0. The highest BCUT2D eigenvalue weighted by Gasteiger charge is 2.37. The summed E-state index contributed by atoms with van der Waals surface area (Å²) >= 11 is 0. The van der Waals surface area contributed by atoms with Crippen LogP contribution in [-0.4, -0.2) is 29.2 Å². The molecule has 0 aliphatic heterocycles. The maximum absolute atomic E-state index is 12.1. The van der Waals surface area contributed by atoms with E-state index in [0.29, 0.717) is 18.4 Å². The Labute approximate surface area is 126 Å². The van der Waals surface area contributed by atoms with E-state index in [1.165, 1.54) is 25.7 Å². The van der Waals surface area contributed by atoms with E-state index >= 15 is 0 Å². The minimum Gasteiger partial charge on any atom is -0.481 e. The molecule has 0 saturated heterocycles. The van der Waals surface area contributed by atoms with Crippen molar-refractivity contribution in [1.82, 2.24) is 10.6 Å². The molecule has 0 aromatic heterocycles. The van der Waals surface area contributed by atoms with E-state index in [1.807, 2.05) is 0 Å². The number of hydrogen-bond donors (Lipinski definition) is 3. The van der Waals surface area contributed by atoms with Gasteiger partial charge >= 0.3 is 12.0 Å². The van der Waals surface area contributed by atoms with Gasteiger partial charge in [0.2, 0.25) is 0 Å². The van der Waals surface area contributed by atoms with E-state index < -0.39 is 11.5 Å². The lowest BCUT2D eigenvalue weighted by molar-refractivity contribution is -0.138. The molecular weight excluding hydrogens is 268 g/mol. The summed E-state index contributed by atoms with van der Waals surface area (Å²) in [6.45, 7) is 2.96. The Morgan fingerprint density at radius 2 is 1.81 bits per heavy atom. The van der Waals surface area contributed by atoms with Crippen molar-refractivity contribution in [2.24, 2.45) is 11.8 Å². The van der Waals surface area contributed by atoms with Crippen LogP contribution in [0.3, 0.4) is 0 Å². The highest BCUT2D eigenvalue weighted by molar-refractivity contribution is 5.76. The summed E-state index contributed by atoms with van der Waals surface area (Å²) in [6, 6.07) is -0.198. The number of aliphatic carboxylic acids is 1. The zero-order chi connectivity index (χ0) is 15.3. The first-order chi connectivity index (χ1) is 10.0. The van der Waals surface area contributed by atoms with Crippen LogP contribution < -0.4 is 10.6 Å².